The Bertz CT molecular complexity index is 609. The van der Waals surface area contributed by atoms with Gasteiger partial charge in [0, 0.05) is 7.05 Å². The third-order valence-corrected chi connectivity index (χ3v) is 4.70. The van der Waals surface area contributed by atoms with Crippen molar-refractivity contribution in [2.75, 3.05) is 14.2 Å². The van der Waals surface area contributed by atoms with Crippen molar-refractivity contribution in [1.82, 2.24) is 4.90 Å². The molecule has 2 fully saturated rings. The number of likely N-dealkylation sites (N-methyl/N-ethyl adjacent to an activating group) is 1. The van der Waals surface area contributed by atoms with E-state index in [1.165, 1.54) is 0 Å². The number of amides is 1. The molecule has 0 atom stereocenters. The largest absolute Gasteiger partial charge is 0.497 e. The third-order valence-electron chi connectivity index (χ3n) is 4.70. The molecule has 0 N–H and O–H groups in total. The molecule has 4 nitrogen and oxygen atoms in total. The fourth-order valence-electron chi connectivity index (χ4n) is 3.39. The van der Waals surface area contributed by atoms with Gasteiger partial charge in [-0.2, -0.15) is 0 Å². The molecule has 1 saturated carbocycles. The molecule has 1 aromatic carbocycles. The second kappa shape index (κ2) is 5.02. The molecule has 1 aliphatic heterocycles. The van der Waals surface area contributed by atoms with E-state index in [-0.39, 0.29) is 11.7 Å². The van der Waals surface area contributed by atoms with Crippen molar-refractivity contribution in [1.29, 1.82) is 0 Å². The summed E-state index contributed by atoms with van der Waals surface area (Å²) in [5.41, 5.74) is 0.579. The van der Waals surface area contributed by atoms with Gasteiger partial charge in [0.05, 0.1) is 12.7 Å². The maximum absolute atomic E-state index is 12.7. The zero-order valence-corrected chi connectivity index (χ0v) is 12.4. The molecule has 1 saturated heterocycles. The molecular formula is C17H19NO3. The van der Waals surface area contributed by atoms with Gasteiger partial charge in [-0.15, -0.1) is 0 Å². The van der Waals surface area contributed by atoms with Crippen LogP contribution in [0.4, 0.5) is 0 Å². The minimum absolute atomic E-state index is 0.0108. The van der Waals surface area contributed by atoms with Crippen LogP contribution in [-0.2, 0) is 9.59 Å². The molecule has 1 spiro atoms. The number of hydrogen-bond donors (Lipinski definition) is 0. The maximum atomic E-state index is 12.7. The van der Waals surface area contributed by atoms with Crippen molar-refractivity contribution < 1.29 is 14.3 Å². The minimum atomic E-state index is -0.574. The molecule has 1 aliphatic carbocycles. The molecule has 1 heterocycles. The highest BCUT2D eigenvalue weighted by Gasteiger charge is 2.54. The van der Waals surface area contributed by atoms with Crippen molar-refractivity contribution in [3.05, 3.63) is 35.4 Å². The second-order valence-electron chi connectivity index (χ2n) is 5.76. The Morgan fingerprint density at radius 3 is 2.33 bits per heavy atom. The van der Waals surface area contributed by atoms with E-state index < -0.39 is 5.54 Å². The van der Waals surface area contributed by atoms with Crippen LogP contribution >= 0.6 is 0 Å². The first-order valence-electron chi connectivity index (χ1n) is 7.27. The second-order valence-corrected chi connectivity index (χ2v) is 5.76. The summed E-state index contributed by atoms with van der Waals surface area (Å²) in [4.78, 5) is 26.8. The van der Waals surface area contributed by atoms with Crippen molar-refractivity contribution in [3.8, 4) is 5.75 Å². The first-order chi connectivity index (χ1) is 10.1. The van der Waals surface area contributed by atoms with Gasteiger partial charge in [0.2, 0.25) is 0 Å². The summed E-state index contributed by atoms with van der Waals surface area (Å²) in [5, 5.41) is 0. The number of hydrogen-bond acceptors (Lipinski definition) is 3. The molecule has 3 rings (SSSR count). The predicted octanol–water partition coefficient (Wildman–Crippen LogP) is 2.43. The highest BCUT2D eigenvalue weighted by atomic mass is 16.5. The molecule has 0 radical (unpaired) electrons. The highest BCUT2D eigenvalue weighted by molar-refractivity contribution is 6.30. The number of likely N-dealkylation sites (tertiary alicyclic amines) is 1. The molecule has 0 bridgehead atoms. The molecule has 21 heavy (non-hydrogen) atoms. The SMILES string of the molecule is COc1ccc(/C=C2\C(=O)N(C)C3(CCCC3)C2=O)cc1. The van der Waals surface area contributed by atoms with Crippen LogP contribution in [0.15, 0.2) is 29.8 Å². The number of ether oxygens (including phenoxy) is 1. The summed E-state index contributed by atoms with van der Waals surface area (Å²) in [6, 6.07) is 7.36. The van der Waals surface area contributed by atoms with Gasteiger partial charge in [-0.05, 0) is 36.6 Å². The lowest BCUT2D eigenvalue weighted by molar-refractivity contribution is -0.130. The van der Waals surface area contributed by atoms with Gasteiger partial charge in [-0.1, -0.05) is 25.0 Å². The number of ketones is 1. The molecule has 2 aliphatic rings. The third kappa shape index (κ3) is 2.06. The number of carbonyl (C=O) groups is 2. The zero-order chi connectivity index (χ0) is 15.0. The number of methoxy groups -OCH3 is 1. The lowest BCUT2D eigenvalue weighted by Crippen LogP contribution is -2.44. The number of rotatable bonds is 2. The van der Waals surface area contributed by atoms with Gasteiger partial charge >= 0.3 is 0 Å². The topological polar surface area (TPSA) is 46.6 Å². The Kier molecular flexibility index (Phi) is 3.32. The summed E-state index contributed by atoms with van der Waals surface area (Å²) in [6.45, 7) is 0. The van der Waals surface area contributed by atoms with Crippen LogP contribution in [0.3, 0.4) is 0 Å². The number of Topliss-reactive ketones (excluding diaryl/α,β-unsaturated/α-hetero) is 1. The van der Waals surface area contributed by atoms with E-state index >= 15 is 0 Å². The molecule has 110 valence electrons. The Hall–Kier alpha value is -2.10. The summed E-state index contributed by atoms with van der Waals surface area (Å²) < 4.78 is 5.11. The molecule has 0 unspecified atom stereocenters. The smallest absolute Gasteiger partial charge is 0.258 e. The molecule has 4 heteroatoms. The predicted molar refractivity (Wildman–Crippen MR) is 79.9 cm³/mol. The van der Waals surface area contributed by atoms with E-state index in [0.29, 0.717) is 5.57 Å². The summed E-state index contributed by atoms with van der Waals surface area (Å²) in [6.07, 6.45) is 5.30. The normalized spacial score (nSPS) is 22.6. The monoisotopic (exact) mass is 285 g/mol. The molecule has 0 aromatic heterocycles. The van der Waals surface area contributed by atoms with Crippen LogP contribution in [0, 0.1) is 0 Å². The number of carbonyl (C=O) groups excluding carboxylic acids is 2. The number of benzene rings is 1. The van der Waals surface area contributed by atoms with Gasteiger partial charge in [-0.25, -0.2) is 0 Å². The summed E-state index contributed by atoms with van der Waals surface area (Å²) >= 11 is 0. The molecule has 1 amide bonds. The van der Waals surface area contributed by atoms with Gasteiger partial charge < -0.3 is 9.64 Å². The Balaban J connectivity index is 1.96. The van der Waals surface area contributed by atoms with E-state index in [9.17, 15) is 9.59 Å². The fourth-order valence-corrected chi connectivity index (χ4v) is 3.39. The van der Waals surface area contributed by atoms with Gasteiger partial charge in [-0.3, -0.25) is 9.59 Å². The van der Waals surface area contributed by atoms with E-state index in [4.69, 9.17) is 4.74 Å². The highest BCUT2D eigenvalue weighted by Crippen LogP contribution is 2.42. The van der Waals surface area contributed by atoms with Gasteiger partial charge in [0.1, 0.15) is 11.3 Å². The Labute approximate surface area is 124 Å². The van der Waals surface area contributed by atoms with Gasteiger partial charge in [0.25, 0.3) is 5.91 Å². The first kappa shape index (κ1) is 13.9. The lowest BCUT2D eigenvalue weighted by atomic mass is 9.91. The minimum Gasteiger partial charge on any atom is -0.497 e. The lowest BCUT2D eigenvalue weighted by Gasteiger charge is -2.29. The van der Waals surface area contributed by atoms with Crippen LogP contribution in [0.1, 0.15) is 31.2 Å². The van der Waals surface area contributed by atoms with Gasteiger partial charge in [0.15, 0.2) is 5.78 Å². The van der Waals surface area contributed by atoms with E-state index in [0.717, 1.165) is 37.0 Å². The Morgan fingerprint density at radius 2 is 1.76 bits per heavy atom. The zero-order valence-electron chi connectivity index (χ0n) is 12.4. The van der Waals surface area contributed by atoms with E-state index in [1.54, 1.807) is 25.1 Å². The quantitative estimate of drug-likeness (QED) is 0.619. The maximum Gasteiger partial charge on any atom is 0.258 e. The van der Waals surface area contributed by atoms with Crippen LogP contribution in [0.25, 0.3) is 6.08 Å². The summed E-state index contributed by atoms with van der Waals surface area (Å²) in [5.74, 6) is 0.589. The molecular weight excluding hydrogens is 266 g/mol. The Morgan fingerprint density at radius 1 is 1.14 bits per heavy atom. The van der Waals surface area contributed by atoms with Crippen molar-refractivity contribution in [2.45, 2.75) is 31.2 Å². The van der Waals surface area contributed by atoms with Crippen molar-refractivity contribution in [2.24, 2.45) is 0 Å². The summed E-state index contributed by atoms with van der Waals surface area (Å²) in [7, 11) is 3.36. The van der Waals surface area contributed by atoms with Crippen LogP contribution in [-0.4, -0.2) is 36.3 Å². The van der Waals surface area contributed by atoms with Crippen LogP contribution in [0.5, 0.6) is 5.75 Å². The number of nitrogens with zero attached hydrogens (tertiary/aromatic N) is 1. The van der Waals surface area contributed by atoms with Crippen LogP contribution < -0.4 is 4.74 Å². The average Bonchev–Trinajstić information content (AvgIpc) is 3.06. The molecule has 1 aromatic rings. The van der Waals surface area contributed by atoms with Crippen LogP contribution in [0.2, 0.25) is 0 Å². The van der Waals surface area contributed by atoms with Crippen molar-refractivity contribution in [3.63, 3.8) is 0 Å². The fraction of sp³-hybridized carbons (Fsp3) is 0.412. The van der Waals surface area contributed by atoms with E-state index in [2.05, 4.69) is 0 Å². The standard InChI is InChI=1S/C17H19NO3/c1-18-16(20)14(15(19)17(18)9-3-4-10-17)11-12-5-7-13(21-2)8-6-12/h5-8,11H,3-4,9-10H2,1-2H3/b14-11-. The average molecular weight is 285 g/mol. The van der Waals surface area contributed by atoms with Crippen molar-refractivity contribution >= 4 is 17.8 Å². The van der Waals surface area contributed by atoms with E-state index in [1.807, 2.05) is 24.3 Å². The first-order valence-corrected chi connectivity index (χ1v) is 7.27.